The summed E-state index contributed by atoms with van der Waals surface area (Å²) in [5.74, 6) is -0.209. The number of carboxylic acids is 1. The smallest absolute Gasteiger partial charge is 0.337 e. The molecule has 0 saturated carbocycles. The average Bonchev–Trinajstić information content (AvgIpc) is 3.32. The Kier molecular flexibility index (Phi) is 5.06. The highest BCUT2D eigenvalue weighted by Gasteiger charge is 2.36. The average molecular weight is 470 g/mol. The van der Waals surface area contributed by atoms with Crippen LogP contribution in [0.25, 0.3) is 32.8 Å². The number of hydrogen-bond donors (Lipinski definition) is 1. The van der Waals surface area contributed by atoms with Gasteiger partial charge in [0, 0.05) is 29.1 Å². The second-order valence-corrected chi connectivity index (χ2v) is 10.1. The zero-order valence-corrected chi connectivity index (χ0v) is 20.1. The fourth-order valence-electron chi connectivity index (χ4n) is 5.44. The summed E-state index contributed by atoms with van der Waals surface area (Å²) in [7, 11) is 0. The van der Waals surface area contributed by atoms with Crippen LogP contribution in [0.4, 0.5) is 0 Å². The molecule has 35 heavy (non-hydrogen) atoms. The molecule has 178 valence electrons. The Morgan fingerprint density at radius 1 is 1.06 bits per heavy atom. The fourth-order valence-corrected chi connectivity index (χ4v) is 5.44. The van der Waals surface area contributed by atoms with E-state index >= 15 is 0 Å². The van der Waals surface area contributed by atoms with Gasteiger partial charge in [0.2, 0.25) is 0 Å². The van der Waals surface area contributed by atoms with Crippen molar-refractivity contribution < 1.29 is 24.1 Å². The maximum Gasteiger partial charge on any atom is 0.337 e. The Morgan fingerprint density at radius 3 is 2.60 bits per heavy atom. The second-order valence-electron chi connectivity index (χ2n) is 10.1. The van der Waals surface area contributed by atoms with E-state index in [2.05, 4.69) is 12.1 Å². The van der Waals surface area contributed by atoms with Gasteiger partial charge < -0.3 is 19.3 Å². The molecular formula is C29H27NO5. The normalized spacial score (nSPS) is 15.7. The van der Waals surface area contributed by atoms with Crippen LogP contribution in [0.15, 0.2) is 48.7 Å². The number of carbonyl (C=O) groups is 1. The molecular weight excluding hydrogens is 442 g/mol. The molecule has 0 spiro atoms. The van der Waals surface area contributed by atoms with Gasteiger partial charge in [0.05, 0.1) is 30.9 Å². The van der Waals surface area contributed by atoms with E-state index in [0.717, 1.165) is 56.1 Å². The number of ether oxygens (including phenoxy) is 3. The molecule has 4 aromatic rings. The third kappa shape index (κ3) is 3.56. The largest absolute Gasteiger partial charge is 0.493 e. The lowest BCUT2D eigenvalue weighted by Gasteiger charge is -2.29. The Labute approximate surface area is 203 Å². The number of hydrogen-bond acceptors (Lipinski definition) is 5. The quantitative estimate of drug-likeness (QED) is 0.397. The van der Waals surface area contributed by atoms with Crippen LogP contribution in [-0.4, -0.2) is 28.3 Å². The molecule has 6 nitrogen and oxygen atoms in total. The highest BCUT2D eigenvalue weighted by atomic mass is 16.5. The molecule has 1 unspecified atom stereocenters. The van der Waals surface area contributed by atoms with Gasteiger partial charge in [-0.05, 0) is 72.0 Å². The van der Waals surface area contributed by atoms with E-state index in [4.69, 9.17) is 19.2 Å². The van der Waals surface area contributed by atoms with Crippen LogP contribution in [0.5, 0.6) is 5.75 Å². The summed E-state index contributed by atoms with van der Waals surface area (Å²) < 4.78 is 18.0. The molecule has 6 heteroatoms. The first-order chi connectivity index (χ1) is 16.8. The topological polar surface area (TPSA) is 77.9 Å². The third-order valence-electron chi connectivity index (χ3n) is 6.77. The summed E-state index contributed by atoms with van der Waals surface area (Å²) in [4.78, 5) is 17.5. The van der Waals surface area contributed by atoms with Crippen LogP contribution >= 0.6 is 0 Å². The zero-order valence-electron chi connectivity index (χ0n) is 20.1. The van der Waals surface area contributed by atoms with E-state index < -0.39 is 17.7 Å². The highest BCUT2D eigenvalue weighted by Crippen LogP contribution is 2.47. The molecule has 0 fully saturated rings. The first-order valence-electron chi connectivity index (χ1n) is 11.9. The molecule has 3 heterocycles. The molecule has 2 aliphatic heterocycles. The van der Waals surface area contributed by atoms with Crippen molar-refractivity contribution in [2.75, 3.05) is 6.61 Å². The van der Waals surface area contributed by atoms with Gasteiger partial charge in [-0.15, -0.1) is 0 Å². The van der Waals surface area contributed by atoms with E-state index in [0.29, 0.717) is 25.4 Å². The molecule has 0 bridgehead atoms. The summed E-state index contributed by atoms with van der Waals surface area (Å²) in [5, 5.41) is 13.4. The van der Waals surface area contributed by atoms with Crippen molar-refractivity contribution in [2.45, 2.75) is 52.1 Å². The van der Waals surface area contributed by atoms with E-state index in [9.17, 15) is 9.90 Å². The highest BCUT2D eigenvalue weighted by molar-refractivity contribution is 6.09. The lowest BCUT2D eigenvalue weighted by atomic mass is 9.83. The van der Waals surface area contributed by atoms with E-state index in [1.54, 1.807) is 0 Å². The van der Waals surface area contributed by atoms with Crippen molar-refractivity contribution in [3.8, 4) is 16.9 Å². The Morgan fingerprint density at radius 2 is 1.83 bits per heavy atom. The molecule has 1 atom stereocenters. The number of nitrogens with zero attached hydrogens (tertiary/aromatic N) is 1. The van der Waals surface area contributed by atoms with Crippen molar-refractivity contribution in [2.24, 2.45) is 0 Å². The molecule has 6 rings (SSSR count). The summed E-state index contributed by atoms with van der Waals surface area (Å²) >= 11 is 0. The number of aliphatic carboxylic acids is 1. The van der Waals surface area contributed by atoms with Gasteiger partial charge in [0.1, 0.15) is 5.75 Å². The predicted octanol–water partition coefficient (Wildman–Crippen LogP) is 5.96. The minimum Gasteiger partial charge on any atom is -0.493 e. The number of benzene rings is 3. The van der Waals surface area contributed by atoms with Crippen LogP contribution in [-0.2, 0) is 33.9 Å². The van der Waals surface area contributed by atoms with Crippen molar-refractivity contribution in [3.63, 3.8) is 0 Å². The Bertz CT molecular complexity index is 1490. The second kappa shape index (κ2) is 8.04. The third-order valence-corrected chi connectivity index (χ3v) is 6.77. The maximum atomic E-state index is 12.7. The summed E-state index contributed by atoms with van der Waals surface area (Å²) in [6, 6.07) is 14.1. The van der Waals surface area contributed by atoms with Gasteiger partial charge in [-0.2, -0.15) is 0 Å². The Hall–Kier alpha value is -3.48. The SMILES string of the molecule is CC(C)(C)OC(C(=O)O)c1c2c(c3ccccc3c1-c1ccc3c4c(ccnc14)CCO3)COC2. The first kappa shape index (κ1) is 22.0. The predicted molar refractivity (Wildman–Crippen MR) is 134 cm³/mol. The molecule has 0 aliphatic carbocycles. The van der Waals surface area contributed by atoms with Crippen LogP contribution < -0.4 is 4.74 Å². The van der Waals surface area contributed by atoms with Crippen LogP contribution in [0, 0.1) is 0 Å². The molecule has 2 aliphatic rings. The first-order valence-corrected chi connectivity index (χ1v) is 11.9. The van der Waals surface area contributed by atoms with Crippen molar-refractivity contribution in [1.29, 1.82) is 0 Å². The maximum absolute atomic E-state index is 12.7. The number of pyridine rings is 1. The van der Waals surface area contributed by atoms with E-state index in [-0.39, 0.29) is 0 Å². The summed E-state index contributed by atoms with van der Waals surface area (Å²) in [6.45, 7) is 7.06. The summed E-state index contributed by atoms with van der Waals surface area (Å²) in [5.41, 5.74) is 5.62. The van der Waals surface area contributed by atoms with Gasteiger partial charge in [0.25, 0.3) is 0 Å². The fraction of sp³-hybridized carbons (Fsp3) is 0.310. The lowest BCUT2D eigenvalue weighted by molar-refractivity contribution is -0.160. The standard InChI is InChI=1S/C29H27NO5/c1-29(2,3)35-27(28(31)32)25-21-15-33-14-20(21)17-6-4-5-7-18(17)24(25)19-8-9-22-23-16(11-13-34-22)10-12-30-26(19)23/h4-10,12,27H,11,13-15H2,1-3H3,(H,31,32). The van der Waals surface area contributed by atoms with Crippen molar-refractivity contribution in [1.82, 2.24) is 4.98 Å². The van der Waals surface area contributed by atoms with Gasteiger partial charge >= 0.3 is 5.97 Å². The molecule has 3 aromatic carbocycles. The number of carboxylic acid groups (broad SMARTS) is 1. The van der Waals surface area contributed by atoms with Crippen LogP contribution in [0.3, 0.4) is 0 Å². The number of rotatable bonds is 4. The van der Waals surface area contributed by atoms with Crippen LogP contribution in [0.1, 0.15) is 49.1 Å². The Balaban J connectivity index is 1.76. The summed E-state index contributed by atoms with van der Waals surface area (Å²) in [6.07, 6.45) is 1.48. The lowest BCUT2D eigenvalue weighted by Crippen LogP contribution is -2.28. The van der Waals surface area contributed by atoms with E-state index in [1.165, 1.54) is 5.56 Å². The minimum absolute atomic E-state index is 0.345. The molecule has 0 radical (unpaired) electrons. The molecule has 0 saturated heterocycles. The van der Waals surface area contributed by atoms with Crippen LogP contribution in [0.2, 0.25) is 0 Å². The van der Waals surface area contributed by atoms with E-state index in [1.807, 2.05) is 57.3 Å². The van der Waals surface area contributed by atoms with Crippen molar-refractivity contribution >= 4 is 27.6 Å². The van der Waals surface area contributed by atoms with Gasteiger partial charge in [-0.25, -0.2) is 4.79 Å². The van der Waals surface area contributed by atoms with Crippen molar-refractivity contribution in [3.05, 3.63) is 70.9 Å². The zero-order chi connectivity index (χ0) is 24.3. The van der Waals surface area contributed by atoms with Gasteiger partial charge in [-0.3, -0.25) is 4.98 Å². The minimum atomic E-state index is -1.16. The number of fused-ring (bicyclic) bond motifs is 3. The number of aromatic nitrogens is 1. The van der Waals surface area contributed by atoms with Gasteiger partial charge in [-0.1, -0.05) is 24.3 Å². The van der Waals surface area contributed by atoms with Gasteiger partial charge in [0.15, 0.2) is 6.10 Å². The molecule has 0 amide bonds. The molecule has 1 N–H and O–H groups in total. The monoisotopic (exact) mass is 469 g/mol. The molecule has 1 aromatic heterocycles.